The third-order valence-corrected chi connectivity index (χ3v) is 3.25. The summed E-state index contributed by atoms with van der Waals surface area (Å²) in [5, 5.41) is 2.23. The van der Waals surface area contributed by atoms with Gasteiger partial charge in [0.1, 0.15) is 6.10 Å². The number of amides is 2. The van der Waals surface area contributed by atoms with Gasteiger partial charge in [-0.05, 0) is 6.42 Å². The molecule has 3 saturated heterocycles. The highest BCUT2D eigenvalue weighted by Crippen LogP contribution is 2.34. The molecule has 0 bridgehead atoms. The molecular formula is C10H13NO5. The van der Waals surface area contributed by atoms with E-state index in [1.54, 1.807) is 0 Å². The third kappa shape index (κ3) is 1.63. The van der Waals surface area contributed by atoms with Gasteiger partial charge in [-0.15, -0.1) is 0 Å². The molecular weight excluding hydrogens is 214 g/mol. The number of imide groups is 1. The summed E-state index contributed by atoms with van der Waals surface area (Å²) in [5.41, 5.74) is 0. The van der Waals surface area contributed by atoms with E-state index in [9.17, 15) is 9.59 Å². The minimum atomic E-state index is -0.652. The van der Waals surface area contributed by atoms with E-state index in [0.717, 1.165) is 6.42 Å². The predicted octanol–water partition coefficient (Wildman–Crippen LogP) is -0.820. The first-order chi connectivity index (χ1) is 7.74. The van der Waals surface area contributed by atoms with Crippen molar-refractivity contribution in [2.45, 2.75) is 31.3 Å². The Morgan fingerprint density at radius 3 is 2.94 bits per heavy atom. The van der Waals surface area contributed by atoms with Gasteiger partial charge in [0.2, 0.25) is 5.91 Å². The van der Waals surface area contributed by atoms with Crippen LogP contribution in [0.15, 0.2) is 0 Å². The quantitative estimate of drug-likeness (QED) is 0.624. The molecule has 0 aromatic heterocycles. The van der Waals surface area contributed by atoms with E-state index in [4.69, 9.17) is 14.2 Å². The zero-order valence-electron chi connectivity index (χ0n) is 8.68. The molecule has 3 rings (SSSR count). The average Bonchev–Trinajstić information content (AvgIpc) is 2.86. The summed E-state index contributed by atoms with van der Waals surface area (Å²) in [7, 11) is 0. The van der Waals surface area contributed by atoms with E-state index < -0.39 is 6.10 Å². The maximum atomic E-state index is 11.3. The van der Waals surface area contributed by atoms with Crippen molar-refractivity contribution >= 4 is 11.8 Å². The van der Waals surface area contributed by atoms with E-state index in [1.165, 1.54) is 0 Å². The summed E-state index contributed by atoms with van der Waals surface area (Å²) in [6.45, 7) is 1.11. The van der Waals surface area contributed by atoms with E-state index in [0.29, 0.717) is 13.2 Å². The van der Waals surface area contributed by atoms with E-state index >= 15 is 0 Å². The predicted molar refractivity (Wildman–Crippen MR) is 50.2 cm³/mol. The van der Waals surface area contributed by atoms with Gasteiger partial charge in [-0.25, -0.2) is 0 Å². The summed E-state index contributed by atoms with van der Waals surface area (Å²) in [6.07, 6.45) is 0.0327. The highest BCUT2D eigenvalue weighted by Gasteiger charge is 2.45. The first-order valence-electron chi connectivity index (χ1n) is 5.46. The van der Waals surface area contributed by atoms with Gasteiger partial charge in [-0.2, -0.15) is 0 Å². The highest BCUT2D eigenvalue weighted by molar-refractivity contribution is 6.04. The fraction of sp³-hybridized carbons (Fsp3) is 0.800. The number of nitrogens with one attached hydrogen (secondary N) is 1. The van der Waals surface area contributed by atoms with Crippen molar-refractivity contribution in [2.75, 3.05) is 13.2 Å². The van der Waals surface area contributed by atoms with Crippen LogP contribution in [0.25, 0.3) is 0 Å². The lowest BCUT2D eigenvalue weighted by molar-refractivity contribution is -0.133. The standard InChI is InChI=1S/C10H13NO5/c12-8-3-6(9(13)11-8)16-7-4-15-10-5(7)1-2-14-10/h5-7,10H,1-4H2,(H,11,12,13). The maximum absolute atomic E-state index is 11.3. The van der Waals surface area contributed by atoms with Gasteiger partial charge in [0.15, 0.2) is 6.29 Å². The van der Waals surface area contributed by atoms with Gasteiger partial charge in [-0.3, -0.25) is 14.9 Å². The van der Waals surface area contributed by atoms with Crippen molar-refractivity contribution in [2.24, 2.45) is 5.92 Å². The fourth-order valence-corrected chi connectivity index (χ4v) is 2.42. The molecule has 0 aromatic rings. The summed E-state index contributed by atoms with van der Waals surface area (Å²) >= 11 is 0. The molecule has 0 radical (unpaired) electrons. The van der Waals surface area contributed by atoms with Gasteiger partial charge in [-0.1, -0.05) is 0 Å². The van der Waals surface area contributed by atoms with Crippen LogP contribution < -0.4 is 5.32 Å². The summed E-state index contributed by atoms with van der Waals surface area (Å²) in [4.78, 5) is 22.3. The second kappa shape index (κ2) is 3.80. The van der Waals surface area contributed by atoms with Crippen molar-refractivity contribution in [1.29, 1.82) is 0 Å². The number of fused-ring (bicyclic) bond motifs is 1. The van der Waals surface area contributed by atoms with Crippen LogP contribution in [0.2, 0.25) is 0 Å². The van der Waals surface area contributed by atoms with E-state index in [-0.39, 0.29) is 36.5 Å². The number of ether oxygens (including phenoxy) is 3. The molecule has 3 aliphatic rings. The van der Waals surface area contributed by atoms with Crippen LogP contribution in [0, 0.1) is 5.92 Å². The van der Waals surface area contributed by atoms with Gasteiger partial charge < -0.3 is 14.2 Å². The Morgan fingerprint density at radius 1 is 1.31 bits per heavy atom. The number of carbonyl (C=O) groups excluding carboxylic acids is 2. The van der Waals surface area contributed by atoms with Crippen LogP contribution in [0.4, 0.5) is 0 Å². The first kappa shape index (κ1) is 10.2. The third-order valence-electron chi connectivity index (χ3n) is 3.25. The highest BCUT2D eigenvalue weighted by atomic mass is 16.7. The normalized spacial score (nSPS) is 42.5. The molecule has 1 N–H and O–H groups in total. The molecule has 0 saturated carbocycles. The van der Waals surface area contributed by atoms with Gasteiger partial charge >= 0.3 is 0 Å². The fourth-order valence-electron chi connectivity index (χ4n) is 2.42. The van der Waals surface area contributed by atoms with Crippen molar-refractivity contribution in [3.8, 4) is 0 Å². The van der Waals surface area contributed by atoms with Crippen LogP contribution >= 0.6 is 0 Å². The summed E-state index contributed by atoms with van der Waals surface area (Å²) in [6, 6.07) is 0. The van der Waals surface area contributed by atoms with Gasteiger partial charge in [0, 0.05) is 5.92 Å². The molecule has 88 valence electrons. The molecule has 3 heterocycles. The minimum Gasteiger partial charge on any atom is -0.362 e. The van der Waals surface area contributed by atoms with Gasteiger partial charge in [0.25, 0.3) is 5.91 Å². The first-order valence-corrected chi connectivity index (χ1v) is 5.46. The summed E-state index contributed by atoms with van der Waals surface area (Å²) in [5.74, 6) is -0.413. The molecule has 16 heavy (non-hydrogen) atoms. The molecule has 2 amide bonds. The Hall–Kier alpha value is -0.980. The second-order valence-corrected chi connectivity index (χ2v) is 4.30. The van der Waals surface area contributed by atoms with Crippen LogP contribution in [0.5, 0.6) is 0 Å². The second-order valence-electron chi connectivity index (χ2n) is 4.30. The van der Waals surface area contributed by atoms with Crippen LogP contribution in [0.3, 0.4) is 0 Å². The Labute approximate surface area is 92.2 Å². The van der Waals surface area contributed by atoms with Crippen LogP contribution in [-0.4, -0.2) is 43.5 Å². The lowest BCUT2D eigenvalue weighted by Crippen LogP contribution is -2.33. The zero-order valence-corrected chi connectivity index (χ0v) is 8.68. The van der Waals surface area contributed by atoms with Crippen molar-refractivity contribution in [1.82, 2.24) is 5.32 Å². The van der Waals surface area contributed by atoms with Crippen LogP contribution in [0.1, 0.15) is 12.8 Å². The largest absolute Gasteiger partial charge is 0.362 e. The zero-order chi connectivity index (χ0) is 11.1. The Bertz CT molecular complexity index is 331. The molecule has 3 aliphatic heterocycles. The number of rotatable bonds is 2. The summed E-state index contributed by atoms with van der Waals surface area (Å²) < 4.78 is 16.4. The Kier molecular flexibility index (Phi) is 2.42. The lowest BCUT2D eigenvalue weighted by Gasteiger charge is -2.18. The minimum absolute atomic E-state index is 0.119. The lowest BCUT2D eigenvalue weighted by atomic mass is 10.0. The molecule has 6 heteroatoms. The Morgan fingerprint density at radius 2 is 2.19 bits per heavy atom. The topological polar surface area (TPSA) is 73.9 Å². The molecule has 3 fully saturated rings. The molecule has 4 atom stereocenters. The molecule has 4 unspecified atom stereocenters. The van der Waals surface area contributed by atoms with E-state index in [1.807, 2.05) is 0 Å². The van der Waals surface area contributed by atoms with Gasteiger partial charge in [0.05, 0.1) is 25.7 Å². The Balaban J connectivity index is 1.62. The maximum Gasteiger partial charge on any atom is 0.256 e. The molecule has 0 aliphatic carbocycles. The van der Waals surface area contributed by atoms with Crippen molar-refractivity contribution < 1.29 is 23.8 Å². The monoisotopic (exact) mass is 227 g/mol. The van der Waals surface area contributed by atoms with Crippen LogP contribution in [-0.2, 0) is 23.8 Å². The molecule has 0 spiro atoms. The number of carbonyl (C=O) groups is 2. The smallest absolute Gasteiger partial charge is 0.256 e. The van der Waals surface area contributed by atoms with E-state index in [2.05, 4.69) is 5.32 Å². The number of hydrogen-bond donors (Lipinski definition) is 1. The number of hydrogen-bond acceptors (Lipinski definition) is 5. The molecule has 0 aromatic carbocycles. The average molecular weight is 227 g/mol. The SMILES string of the molecule is O=C1CC(OC2COC3OCCC23)C(=O)N1. The van der Waals surface area contributed by atoms with Crippen molar-refractivity contribution in [3.63, 3.8) is 0 Å². The van der Waals surface area contributed by atoms with Crippen molar-refractivity contribution in [3.05, 3.63) is 0 Å². The molecule has 6 nitrogen and oxygen atoms in total.